The van der Waals surface area contributed by atoms with Crippen LogP contribution < -0.4 is 5.43 Å². The van der Waals surface area contributed by atoms with Crippen molar-refractivity contribution in [1.29, 1.82) is 0 Å². The fourth-order valence-electron chi connectivity index (χ4n) is 2.52. The van der Waals surface area contributed by atoms with Crippen LogP contribution in [-0.4, -0.2) is 9.91 Å². The van der Waals surface area contributed by atoms with Crippen LogP contribution in [0.25, 0.3) is 32.6 Å². The van der Waals surface area contributed by atoms with Crippen LogP contribution in [0.3, 0.4) is 0 Å². The standard InChI is InChI=1S/C13H6N2O3/c16-13-10-9(15(17)18)5-7-6-3-1-2-4-8(6)14-12(7)11(10)13/h1-5,14H. The molecule has 1 aromatic heterocycles. The Morgan fingerprint density at radius 3 is 2.67 bits per heavy atom. The summed E-state index contributed by atoms with van der Waals surface area (Å²) >= 11 is 0. The van der Waals surface area contributed by atoms with Gasteiger partial charge in [-0.2, -0.15) is 0 Å². The summed E-state index contributed by atoms with van der Waals surface area (Å²) < 4.78 is 0. The van der Waals surface area contributed by atoms with Gasteiger partial charge in [-0.15, -0.1) is 0 Å². The summed E-state index contributed by atoms with van der Waals surface area (Å²) in [5.74, 6) is 0. The zero-order valence-corrected chi connectivity index (χ0v) is 9.06. The molecule has 0 unspecified atom stereocenters. The molecule has 4 aromatic rings. The van der Waals surface area contributed by atoms with Gasteiger partial charge in [0, 0.05) is 22.4 Å². The molecule has 0 saturated carbocycles. The number of nitrogens with zero attached hydrogens (tertiary/aromatic N) is 1. The van der Waals surface area contributed by atoms with E-state index in [0.717, 1.165) is 16.3 Å². The fraction of sp³-hybridized carbons (Fsp3) is 0. The summed E-state index contributed by atoms with van der Waals surface area (Å²) in [6, 6.07) is 9.01. The molecular weight excluding hydrogens is 232 g/mol. The molecule has 0 aliphatic rings. The Morgan fingerprint density at radius 1 is 1.11 bits per heavy atom. The molecule has 0 saturated heterocycles. The lowest BCUT2D eigenvalue weighted by molar-refractivity contribution is -0.382. The fourth-order valence-corrected chi connectivity index (χ4v) is 2.52. The Morgan fingerprint density at radius 2 is 1.89 bits per heavy atom. The molecule has 1 heterocycles. The molecular formula is C13H6N2O3. The van der Waals surface area contributed by atoms with Crippen LogP contribution in [0, 0.1) is 10.1 Å². The summed E-state index contributed by atoms with van der Waals surface area (Å²) in [5, 5.41) is 13.3. The number of aromatic amines is 1. The average Bonchev–Trinajstić information content (AvgIpc) is 2.89. The van der Waals surface area contributed by atoms with Gasteiger partial charge in [0.05, 0.1) is 15.8 Å². The third-order valence-electron chi connectivity index (χ3n) is 3.37. The lowest BCUT2D eigenvalue weighted by Gasteiger charge is -1.90. The number of rotatable bonds is 1. The highest BCUT2D eigenvalue weighted by molar-refractivity contribution is 6.25. The number of fused-ring (bicyclic) bond motifs is 5. The van der Waals surface area contributed by atoms with Crippen LogP contribution >= 0.6 is 0 Å². The van der Waals surface area contributed by atoms with Crippen molar-refractivity contribution in [3.05, 3.63) is 50.7 Å². The summed E-state index contributed by atoms with van der Waals surface area (Å²) in [7, 11) is 0. The highest BCUT2D eigenvalue weighted by Gasteiger charge is 2.29. The summed E-state index contributed by atoms with van der Waals surface area (Å²) in [6.45, 7) is 0. The highest BCUT2D eigenvalue weighted by Crippen LogP contribution is 2.37. The largest absolute Gasteiger partial charge is 0.354 e. The first-order valence-electron chi connectivity index (χ1n) is 5.45. The van der Waals surface area contributed by atoms with Crippen molar-refractivity contribution in [1.82, 2.24) is 4.98 Å². The quantitative estimate of drug-likeness (QED) is 0.409. The van der Waals surface area contributed by atoms with Crippen molar-refractivity contribution in [2.75, 3.05) is 0 Å². The number of hydrogen-bond acceptors (Lipinski definition) is 3. The van der Waals surface area contributed by atoms with Gasteiger partial charge in [0.1, 0.15) is 5.39 Å². The number of non-ortho nitro benzene ring substituents is 1. The van der Waals surface area contributed by atoms with Gasteiger partial charge in [0.15, 0.2) is 0 Å². The van der Waals surface area contributed by atoms with Gasteiger partial charge >= 0.3 is 0 Å². The second-order valence-electron chi connectivity index (χ2n) is 4.33. The number of aromatic nitrogens is 1. The first kappa shape index (κ1) is 9.35. The van der Waals surface area contributed by atoms with Crippen LogP contribution in [0.1, 0.15) is 0 Å². The second kappa shape index (κ2) is 2.76. The van der Waals surface area contributed by atoms with Crippen molar-refractivity contribution in [2.45, 2.75) is 0 Å². The van der Waals surface area contributed by atoms with Crippen LogP contribution in [0.2, 0.25) is 0 Å². The number of H-pyrrole nitrogens is 1. The number of nitrogens with one attached hydrogen (secondary N) is 1. The molecule has 0 aliphatic carbocycles. The van der Waals surface area contributed by atoms with Crippen LogP contribution in [0.5, 0.6) is 0 Å². The van der Waals surface area contributed by atoms with Gasteiger partial charge in [0.25, 0.3) is 5.69 Å². The molecule has 3 aromatic carbocycles. The molecule has 0 amide bonds. The molecule has 0 bridgehead atoms. The van der Waals surface area contributed by atoms with Crippen molar-refractivity contribution in [3.63, 3.8) is 0 Å². The molecule has 0 radical (unpaired) electrons. The maximum absolute atomic E-state index is 11.6. The summed E-state index contributed by atoms with van der Waals surface area (Å²) in [4.78, 5) is 25.2. The smallest absolute Gasteiger partial charge is 0.282 e. The van der Waals surface area contributed by atoms with Crippen molar-refractivity contribution < 1.29 is 4.92 Å². The molecule has 86 valence electrons. The molecule has 0 spiro atoms. The van der Waals surface area contributed by atoms with E-state index in [9.17, 15) is 14.9 Å². The molecule has 4 rings (SSSR count). The number of nitro benzene ring substituents is 1. The maximum atomic E-state index is 11.6. The minimum atomic E-state index is -0.495. The first-order chi connectivity index (χ1) is 8.68. The minimum absolute atomic E-state index is 0.0905. The average molecular weight is 238 g/mol. The van der Waals surface area contributed by atoms with Crippen LogP contribution in [0.15, 0.2) is 35.1 Å². The molecule has 0 fully saturated rings. The minimum Gasteiger partial charge on any atom is -0.354 e. The third kappa shape index (κ3) is 0.940. The van der Waals surface area contributed by atoms with Crippen LogP contribution in [-0.2, 0) is 0 Å². The van der Waals surface area contributed by atoms with E-state index in [1.54, 1.807) is 0 Å². The van der Waals surface area contributed by atoms with E-state index in [1.165, 1.54) is 6.07 Å². The predicted octanol–water partition coefficient (Wildman–Crippen LogP) is 2.62. The van der Waals surface area contributed by atoms with Gasteiger partial charge in [-0.3, -0.25) is 14.9 Å². The van der Waals surface area contributed by atoms with Crippen molar-refractivity contribution in [2.24, 2.45) is 0 Å². The van der Waals surface area contributed by atoms with Gasteiger partial charge in [0.2, 0.25) is 5.43 Å². The predicted molar refractivity (Wildman–Crippen MR) is 68.6 cm³/mol. The number of nitro groups is 1. The van der Waals surface area contributed by atoms with Gasteiger partial charge < -0.3 is 4.98 Å². The maximum Gasteiger partial charge on any atom is 0.282 e. The summed E-state index contributed by atoms with van der Waals surface area (Å²) in [5.41, 5.74) is 1.28. The van der Waals surface area contributed by atoms with Gasteiger partial charge in [-0.1, -0.05) is 18.2 Å². The molecule has 5 heteroatoms. The number of hydrogen-bond donors (Lipinski definition) is 1. The van der Waals surface area contributed by atoms with Gasteiger partial charge in [-0.05, 0) is 6.07 Å². The van der Waals surface area contributed by atoms with E-state index in [4.69, 9.17) is 0 Å². The SMILES string of the molecule is O=c1c2c([N+](=O)[O-])cc3c4ccccc4[nH]c3c12. The Balaban J connectivity index is 2.31. The molecule has 18 heavy (non-hydrogen) atoms. The van der Waals surface area contributed by atoms with E-state index < -0.39 is 4.92 Å². The van der Waals surface area contributed by atoms with E-state index in [0.29, 0.717) is 10.9 Å². The Hall–Kier alpha value is -2.69. The summed E-state index contributed by atoms with van der Waals surface area (Å²) in [6.07, 6.45) is 0. The monoisotopic (exact) mass is 238 g/mol. The topological polar surface area (TPSA) is 76.0 Å². The Bertz CT molecular complexity index is 971. The van der Waals surface area contributed by atoms with E-state index in [2.05, 4.69) is 4.98 Å². The normalized spacial score (nSPS) is 12.0. The number of benzene rings is 2. The molecule has 1 N–H and O–H groups in total. The van der Waals surface area contributed by atoms with E-state index in [1.807, 2.05) is 24.3 Å². The lowest BCUT2D eigenvalue weighted by atomic mass is 10.1. The van der Waals surface area contributed by atoms with E-state index in [-0.39, 0.29) is 16.5 Å². The Kier molecular flexibility index (Phi) is 1.43. The van der Waals surface area contributed by atoms with Crippen molar-refractivity contribution in [3.8, 4) is 0 Å². The van der Waals surface area contributed by atoms with Crippen LogP contribution in [0.4, 0.5) is 5.69 Å². The molecule has 5 nitrogen and oxygen atoms in total. The molecule has 0 aliphatic heterocycles. The lowest BCUT2D eigenvalue weighted by Crippen LogP contribution is -1.86. The van der Waals surface area contributed by atoms with Crippen molar-refractivity contribution >= 4 is 38.3 Å². The highest BCUT2D eigenvalue weighted by atomic mass is 16.6. The van der Waals surface area contributed by atoms with E-state index >= 15 is 0 Å². The Labute approximate surface area is 99.5 Å². The molecule has 0 atom stereocenters. The zero-order chi connectivity index (χ0) is 12.4. The third-order valence-corrected chi connectivity index (χ3v) is 3.37. The second-order valence-corrected chi connectivity index (χ2v) is 4.33. The zero-order valence-electron chi connectivity index (χ0n) is 9.06. The first-order valence-corrected chi connectivity index (χ1v) is 5.45. The van der Waals surface area contributed by atoms with Gasteiger partial charge in [-0.25, -0.2) is 0 Å². The number of para-hydroxylation sites is 1.